The van der Waals surface area contributed by atoms with Gasteiger partial charge in [-0.25, -0.2) is 4.39 Å². The highest BCUT2D eigenvalue weighted by molar-refractivity contribution is 5.57. The second kappa shape index (κ2) is 11.3. The van der Waals surface area contributed by atoms with Crippen molar-refractivity contribution in [1.29, 1.82) is 0 Å². The number of fused-ring (bicyclic) bond motifs is 1. The molecule has 0 spiro atoms. The van der Waals surface area contributed by atoms with E-state index in [9.17, 15) is 9.18 Å². The van der Waals surface area contributed by atoms with Crippen LogP contribution in [0.15, 0.2) is 0 Å². The molecule has 9 unspecified atom stereocenters. The van der Waals surface area contributed by atoms with Crippen molar-refractivity contribution < 1.29 is 18.8 Å². The molecule has 7 heteroatoms. The van der Waals surface area contributed by atoms with E-state index in [0.29, 0.717) is 30.9 Å². The number of hydrogen-bond donors (Lipinski definition) is 2. The first-order chi connectivity index (χ1) is 14.4. The number of nitrogens with one attached hydrogen (secondary N) is 2. The number of hydrogen-bond acceptors (Lipinski definition) is 6. The number of ether oxygens (including phenoxy) is 1. The minimum absolute atomic E-state index is 0.0602. The van der Waals surface area contributed by atoms with Crippen molar-refractivity contribution in [2.24, 2.45) is 11.8 Å². The molecule has 4 rings (SSSR count). The molecule has 2 heterocycles. The molecule has 2 aliphatic carbocycles. The average molecular weight is 428 g/mol. The van der Waals surface area contributed by atoms with E-state index in [2.05, 4.69) is 43.5 Å². The second-order valence-corrected chi connectivity index (χ2v) is 9.91. The third kappa shape index (κ3) is 6.00. The van der Waals surface area contributed by atoms with Crippen molar-refractivity contribution in [2.45, 2.75) is 108 Å². The summed E-state index contributed by atoms with van der Waals surface area (Å²) in [5.74, 6) is 0.280. The van der Waals surface area contributed by atoms with Gasteiger partial charge < -0.3 is 14.8 Å². The summed E-state index contributed by atoms with van der Waals surface area (Å²) in [6.07, 6.45) is 7.79. The van der Waals surface area contributed by atoms with E-state index in [1.165, 1.54) is 25.7 Å². The third-order valence-electron chi connectivity index (χ3n) is 7.57. The normalized spacial score (nSPS) is 45.0. The Morgan fingerprint density at radius 3 is 2.67 bits per heavy atom. The van der Waals surface area contributed by atoms with Crippen LogP contribution >= 0.6 is 0 Å². The van der Waals surface area contributed by atoms with Gasteiger partial charge in [-0.05, 0) is 65.3 Å². The van der Waals surface area contributed by atoms with Gasteiger partial charge in [0.25, 0.3) is 0 Å². The summed E-state index contributed by atoms with van der Waals surface area (Å²) in [5.41, 5.74) is 2.68. The molecule has 0 radical (unpaired) electrons. The van der Waals surface area contributed by atoms with Gasteiger partial charge in [0.1, 0.15) is 12.5 Å². The van der Waals surface area contributed by atoms with E-state index in [1.54, 1.807) is 0 Å². The second-order valence-electron chi connectivity index (χ2n) is 9.91. The molecule has 174 valence electrons. The van der Waals surface area contributed by atoms with Crippen molar-refractivity contribution >= 4 is 6.29 Å². The van der Waals surface area contributed by atoms with Crippen LogP contribution in [0.5, 0.6) is 0 Å². The fraction of sp³-hybridized carbons (Fsp3) is 0.957. The summed E-state index contributed by atoms with van der Waals surface area (Å²) in [7, 11) is 2.10. The minimum Gasteiger partial charge on any atom is -0.376 e. The predicted octanol–water partition coefficient (Wildman–Crippen LogP) is 2.86. The SMILES string of the molecule is CC1CCC(F)C2CC(C=O)NOC12.CNC1CCCC(N2CC(C)OCC2C)C1. The summed E-state index contributed by atoms with van der Waals surface area (Å²) < 4.78 is 19.3. The lowest BCUT2D eigenvalue weighted by atomic mass is 9.75. The lowest BCUT2D eigenvalue weighted by Gasteiger charge is -2.44. The first-order valence-corrected chi connectivity index (χ1v) is 12.0. The molecule has 0 amide bonds. The summed E-state index contributed by atoms with van der Waals surface area (Å²) >= 11 is 0. The zero-order valence-electron chi connectivity index (χ0n) is 19.2. The van der Waals surface area contributed by atoms with Crippen LogP contribution < -0.4 is 10.8 Å². The highest BCUT2D eigenvalue weighted by Crippen LogP contribution is 2.37. The van der Waals surface area contributed by atoms with Crippen molar-refractivity contribution in [2.75, 3.05) is 20.2 Å². The first-order valence-electron chi connectivity index (χ1n) is 12.0. The number of rotatable bonds is 3. The molecule has 2 N–H and O–H groups in total. The van der Waals surface area contributed by atoms with Gasteiger partial charge in [-0.3, -0.25) is 9.74 Å². The fourth-order valence-corrected chi connectivity index (χ4v) is 5.67. The van der Waals surface area contributed by atoms with Crippen LogP contribution in [-0.4, -0.2) is 73.9 Å². The van der Waals surface area contributed by atoms with Crippen molar-refractivity contribution in [3.8, 4) is 0 Å². The Hall–Kier alpha value is -0.600. The number of nitrogens with zero attached hydrogens (tertiary/aromatic N) is 1. The standard InChI is InChI=1S/C13H26N2O.C10H16FNO2/c1-10-9-16-11(2)8-15(10)13-6-4-5-12(7-13)14-3;1-6-2-3-9(11)8-4-7(5-13)12-14-10(6)8/h10-14H,4-9H2,1-3H3;5-10,12H,2-4H2,1H3. The van der Waals surface area contributed by atoms with Gasteiger partial charge in [0.05, 0.1) is 24.9 Å². The highest BCUT2D eigenvalue weighted by atomic mass is 19.1. The van der Waals surface area contributed by atoms with Crippen LogP contribution in [0.25, 0.3) is 0 Å². The topological polar surface area (TPSA) is 62.8 Å². The number of morpholine rings is 1. The van der Waals surface area contributed by atoms with Crippen molar-refractivity contribution in [1.82, 2.24) is 15.7 Å². The van der Waals surface area contributed by atoms with E-state index < -0.39 is 6.17 Å². The molecule has 0 aromatic rings. The third-order valence-corrected chi connectivity index (χ3v) is 7.57. The maximum Gasteiger partial charge on any atom is 0.139 e. The van der Waals surface area contributed by atoms with Crippen LogP contribution in [0, 0.1) is 11.8 Å². The molecule has 2 saturated heterocycles. The van der Waals surface area contributed by atoms with E-state index in [-0.39, 0.29) is 18.1 Å². The summed E-state index contributed by atoms with van der Waals surface area (Å²) in [4.78, 5) is 18.6. The monoisotopic (exact) mass is 427 g/mol. The molecular formula is C23H42FN3O3. The predicted molar refractivity (Wildman–Crippen MR) is 116 cm³/mol. The highest BCUT2D eigenvalue weighted by Gasteiger charge is 2.43. The van der Waals surface area contributed by atoms with Crippen molar-refractivity contribution in [3.05, 3.63) is 0 Å². The largest absolute Gasteiger partial charge is 0.376 e. The molecule has 9 atom stereocenters. The molecule has 4 aliphatic rings. The maximum atomic E-state index is 13.6. The van der Waals surface area contributed by atoms with Crippen LogP contribution in [0.2, 0.25) is 0 Å². The van der Waals surface area contributed by atoms with Crippen LogP contribution in [-0.2, 0) is 14.4 Å². The van der Waals surface area contributed by atoms with Gasteiger partial charge in [0.2, 0.25) is 0 Å². The number of aldehydes is 1. The summed E-state index contributed by atoms with van der Waals surface area (Å²) in [5, 5.41) is 3.44. The number of carbonyl (C=O) groups excluding carboxylic acids is 1. The van der Waals surface area contributed by atoms with Gasteiger partial charge in [-0.1, -0.05) is 13.3 Å². The molecule has 30 heavy (non-hydrogen) atoms. The number of carbonyl (C=O) groups is 1. The Bertz CT molecular complexity index is 540. The molecule has 0 bridgehead atoms. The zero-order chi connectivity index (χ0) is 21.7. The minimum atomic E-state index is -0.805. The van der Waals surface area contributed by atoms with E-state index in [4.69, 9.17) is 9.57 Å². The molecule has 6 nitrogen and oxygen atoms in total. The van der Waals surface area contributed by atoms with Gasteiger partial charge >= 0.3 is 0 Å². The van der Waals surface area contributed by atoms with Gasteiger partial charge in [0.15, 0.2) is 0 Å². The zero-order valence-corrected chi connectivity index (χ0v) is 19.2. The summed E-state index contributed by atoms with van der Waals surface area (Å²) in [6.45, 7) is 8.59. The Kier molecular flexibility index (Phi) is 9.07. The smallest absolute Gasteiger partial charge is 0.139 e. The van der Waals surface area contributed by atoms with Gasteiger partial charge in [0, 0.05) is 30.6 Å². The number of hydroxylamine groups is 1. The Balaban J connectivity index is 0.000000172. The van der Waals surface area contributed by atoms with Crippen LogP contribution in [0.4, 0.5) is 4.39 Å². The molecular weight excluding hydrogens is 385 g/mol. The maximum absolute atomic E-state index is 13.6. The lowest BCUT2D eigenvalue weighted by molar-refractivity contribution is -0.166. The molecule has 2 aliphatic heterocycles. The Morgan fingerprint density at radius 1 is 1.13 bits per heavy atom. The van der Waals surface area contributed by atoms with Gasteiger partial charge in [-0.15, -0.1) is 0 Å². The first kappa shape index (κ1) is 24.1. The number of halogens is 1. The molecule has 0 aromatic heterocycles. The fourth-order valence-electron chi connectivity index (χ4n) is 5.67. The van der Waals surface area contributed by atoms with Crippen LogP contribution in [0.1, 0.15) is 65.7 Å². The molecule has 0 aromatic carbocycles. The van der Waals surface area contributed by atoms with Crippen molar-refractivity contribution in [3.63, 3.8) is 0 Å². The summed E-state index contributed by atoms with van der Waals surface area (Å²) in [6, 6.07) is 1.76. The average Bonchev–Trinajstić information content (AvgIpc) is 2.78. The van der Waals surface area contributed by atoms with Crippen LogP contribution in [0.3, 0.4) is 0 Å². The quantitative estimate of drug-likeness (QED) is 0.676. The Morgan fingerprint density at radius 2 is 1.93 bits per heavy atom. The van der Waals surface area contributed by atoms with E-state index in [1.807, 2.05) is 0 Å². The Labute approximate surface area is 181 Å². The number of alkyl halides is 1. The van der Waals surface area contributed by atoms with Gasteiger partial charge in [-0.2, -0.15) is 5.48 Å². The lowest BCUT2D eigenvalue weighted by Crippen LogP contribution is -2.54. The van der Waals surface area contributed by atoms with E-state index >= 15 is 0 Å². The molecule has 4 fully saturated rings. The van der Waals surface area contributed by atoms with E-state index in [0.717, 1.165) is 37.9 Å². The molecule has 2 saturated carbocycles.